The number of hydrogen-bond donors (Lipinski definition) is 1. The molecule has 2 fully saturated rings. The maximum absolute atomic E-state index is 15.5. The average molecular weight is 699 g/mol. The summed E-state index contributed by atoms with van der Waals surface area (Å²) in [5.74, 6) is -2.82. The number of alkyl halides is 3. The summed E-state index contributed by atoms with van der Waals surface area (Å²) in [6, 6.07) is 4.49. The summed E-state index contributed by atoms with van der Waals surface area (Å²) in [6.45, 7) is 8.22. The smallest absolute Gasteiger partial charge is 0.398 e. The number of aliphatic hydroxyl groups excluding tert-OH is 1. The highest BCUT2D eigenvalue weighted by Gasteiger charge is 2.60. The Morgan fingerprint density at radius 1 is 1.11 bits per heavy atom. The third-order valence-corrected chi connectivity index (χ3v) is 11.8. The molecule has 0 unspecified atom stereocenters. The monoisotopic (exact) mass is 698 g/mol. The van der Waals surface area contributed by atoms with E-state index in [2.05, 4.69) is 24.6 Å². The number of halogens is 5. The Morgan fingerprint density at radius 3 is 2.36 bits per heavy atom. The zero-order valence-electron chi connectivity index (χ0n) is 27.2. The average Bonchev–Trinajstić information content (AvgIpc) is 3.34. The molecule has 0 amide bonds. The molecule has 2 aromatic heterocycles. The van der Waals surface area contributed by atoms with Crippen LogP contribution in [0.15, 0.2) is 30.6 Å². The molecule has 3 aromatic rings. The molecule has 1 N–H and O–H groups in total. The number of ether oxygens (including phenoxy) is 3. The van der Waals surface area contributed by atoms with Gasteiger partial charge in [0.05, 0.1) is 10.8 Å². The molecule has 0 atom stereocenters. The van der Waals surface area contributed by atoms with Gasteiger partial charge in [0.25, 0.3) is 0 Å². The molecule has 6 nitrogen and oxygen atoms in total. The van der Waals surface area contributed by atoms with Crippen molar-refractivity contribution in [3.63, 3.8) is 0 Å². The predicted octanol–water partition coefficient (Wildman–Crippen LogP) is 8.88. The van der Waals surface area contributed by atoms with Gasteiger partial charge in [0.15, 0.2) is 17.4 Å². The SMILES string of the molecule is C[Si](C)(C)CCOCn1cc(C2(C(F)(F)F)CCC2)c2c(Oc3c(F)cc(CC(=S)CCC4(CO)CCOCC4)cc3F)ccnc21. The Bertz CT molecular complexity index is 1560. The number of rotatable bonds is 14. The fraction of sp³-hybridized carbons (Fsp3) is 0.588. The fourth-order valence-electron chi connectivity index (χ4n) is 6.44. The predicted molar refractivity (Wildman–Crippen MR) is 177 cm³/mol. The van der Waals surface area contributed by atoms with Crippen LogP contribution in [0, 0.1) is 17.0 Å². The minimum Gasteiger partial charge on any atom is -0.450 e. The van der Waals surface area contributed by atoms with Crippen molar-refractivity contribution in [2.45, 2.75) is 95.4 Å². The second kappa shape index (κ2) is 14.2. The number of thiocarbonyl (C=S) groups is 1. The molecule has 258 valence electrons. The summed E-state index contributed by atoms with van der Waals surface area (Å²) in [5.41, 5.74) is -1.92. The van der Waals surface area contributed by atoms with E-state index in [0.29, 0.717) is 49.5 Å². The van der Waals surface area contributed by atoms with E-state index in [1.165, 1.54) is 23.0 Å². The van der Waals surface area contributed by atoms with Gasteiger partial charge in [-0.2, -0.15) is 13.2 Å². The lowest BCUT2D eigenvalue weighted by molar-refractivity contribution is -0.212. The molecular formula is C34H43F5N2O4SSi. The number of aliphatic hydroxyl groups is 1. The summed E-state index contributed by atoms with van der Waals surface area (Å²) in [4.78, 5) is 4.96. The van der Waals surface area contributed by atoms with E-state index in [4.69, 9.17) is 26.4 Å². The topological polar surface area (TPSA) is 65.7 Å². The number of nitrogens with zero attached hydrogens (tertiary/aromatic N) is 2. The molecule has 13 heteroatoms. The standard InChI is InChI=1S/C34H43F5N2O4SSi/c1-47(2,3)16-15-44-22-41-20-25(33(7-4-8-33)34(37,38)39)29-28(6-12-40-31(29)41)45-30-26(35)18-23(19-27(30)36)17-24(46)5-9-32(21-42)10-13-43-14-11-32/h6,12,18-20,42H,4-5,7-11,13-17,21-22H2,1-3H3. The van der Waals surface area contributed by atoms with Crippen molar-refractivity contribution in [3.05, 3.63) is 53.4 Å². The molecule has 1 aliphatic carbocycles. The van der Waals surface area contributed by atoms with Gasteiger partial charge in [0.2, 0.25) is 0 Å². The van der Waals surface area contributed by atoms with Crippen LogP contribution in [-0.2, 0) is 28.0 Å². The van der Waals surface area contributed by atoms with Gasteiger partial charge in [-0.1, -0.05) is 38.3 Å². The Labute approximate surface area is 278 Å². The summed E-state index contributed by atoms with van der Waals surface area (Å²) in [7, 11) is -1.40. The fourth-order valence-corrected chi connectivity index (χ4v) is 7.47. The molecule has 1 aromatic carbocycles. The van der Waals surface area contributed by atoms with Crippen LogP contribution in [-0.4, -0.2) is 60.2 Å². The molecule has 1 saturated heterocycles. The van der Waals surface area contributed by atoms with Crippen molar-refractivity contribution in [2.24, 2.45) is 5.41 Å². The van der Waals surface area contributed by atoms with Gasteiger partial charge < -0.3 is 23.9 Å². The second-order valence-electron chi connectivity index (χ2n) is 14.3. The highest BCUT2D eigenvalue weighted by molar-refractivity contribution is 7.80. The van der Waals surface area contributed by atoms with E-state index in [9.17, 15) is 18.3 Å². The Hall–Kier alpha value is -2.45. The van der Waals surface area contributed by atoms with Crippen LogP contribution in [0.5, 0.6) is 11.5 Å². The first-order chi connectivity index (χ1) is 22.2. The molecule has 5 rings (SSSR count). The van der Waals surface area contributed by atoms with Crippen molar-refractivity contribution < 1.29 is 41.3 Å². The van der Waals surface area contributed by atoms with Gasteiger partial charge in [-0.15, -0.1) is 0 Å². The van der Waals surface area contributed by atoms with Crippen molar-refractivity contribution >= 4 is 36.2 Å². The number of fused-ring (bicyclic) bond motifs is 1. The molecule has 2 aliphatic rings. The summed E-state index contributed by atoms with van der Waals surface area (Å²) in [6.07, 6.45) is 1.16. The first kappa shape index (κ1) is 35.8. The largest absolute Gasteiger partial charge is 0.450 e. The van der Waals surface area contributed by atoms with Crippen molar-refractivity contribution in [1.29, 1.82) is 0 Å². The van der Waals surface area contributed by atoms with Crippen LogP contribution in [0.3, 0.4) is 0 Å². The maximum Gasteiger partial charge on any atom is 0.398 e. The van der Waals surface area contributed by atoms with E-state index in [0.717, 1.165) is 31.0 Å². The van der Waals surface area contributed by atoms with Gasteiger partial charge in [-0.25, -0.2) is 13.8 Å². The number of pyridine rings is 1. The maximum atomic E-state index is 15.5. The van der Waals surface area contributed by atoms with E-state index in [-0.39, 0.29) is 60.4 Å². The Morgan fingerprint density at radius 2 is 1.79 bits per heavy atom. The lowest BCUT2D eigenvalue weighted by Crippen LogP contribution is -2.47. The highest BCUT2D eigenvalue weighted by atomic mass is 32.1. The molecule has 1 saturated carbocycles. The van der Waals surface area contributed by atoms with Crippen LogP contribution < -0.4 is 4.74 Å². The van der Waals surface area contributed by atoms with Crippen molar-refractivity contribution in [1.82, 2.24) is 9.55 Å². The Balaban J connectivity index is 1.40. The van der Waals surface area contributed by atoms with Gasteiger partial charge in [-0.05, 0) is 84.2 Å². The molecule has 0 spiro atoms. The van der Waals surface area contributed by atoms with E-state index < -0.39 is 37.0 Å². The van der Waals surface area contributed by atoms with Crippen molar-refractivity contribution in [2.75, 3.05) is 26.4 Å². The number of aromatic nitrogens is 2. The van der Waals surface area contributed by atoms with E-state index in [1.54, 1.807) is 0 Å². The molecule has 3 heterocycles. The lowest BCUT2D eigenvalue weighted by Gasteiger charge is -2.43. The third kappa shape index (κ3) is 7.90. The minimum absolute atomic E-state index is 0.0180. The zero-order valence-corrected chi connectivity index (χ0v) is 29.0. The summed E-state index contributed by atoms with van der Waals surface area (Å²) >= 11 is 5.54. The third-order valence-electron chi connectivity index (χ3n) is 9.71. The molecule has 0 radical (unpaired) electrons. The number of benzene rings is 1. The van der Waals surface area contributed by atoms with Gasteiger partial charge in [-0.3, -0.25) is 0 Å². The molecule has 47 heavy (non-hydrogen) atoms. The van der Waals surface area contributed by atoms with Crippen LogP contribution in [0.2, 0.25) is 25.7 Å². The summed E-state index contributed by atoms with van der Waals surface area (Å²) in [5, 5.41) is 10.0. The van der Waals surface area contributed by atoms with Gasteiger partial charge >= 0.3 is 6.18 Å². The van der Waals surface area contributed by atoms with E-state index >= 15 is 8.78 Å². The first-order valence-corrected chi connectivity index (χ1v) is 20.3. The molecule has 1 aliphatic heterocycles. The van der Waals surface area contributed by atoms with Crippen LogP contribution >= 0.6 is 12.2 Å². The molecule has 0 bridgehead atoms. The normalized spacial score (nSPS) is 17.9. The molecular weight excluding hydrogens is 656 g/mol. The number of hydrogen-bond acceptors (Lipinski definition) is 6. The van der Waals surface area contributed by atoms with Gasteiger partial charge in [0.1, 0.15) is 18.1 Å². The quantitative estimate of drug-likeness (QED) is 0.0786. The van der Waals surface area contributed by atoms with E-state index in [1.807, 2.05) is 0 Å². The minimum atomic E-state index is -4.55. The zero-order chi connectivity index (χ0) is 34.0. The first-order valence-electron chi connectivity index (χ1n) is 16.2. The van der Waals surface area contributed by atoms with Crippen LogP contribution in [0.1, 0.15) is 56.1 Å². The van der Waals surface area contributed by atoms with Gasteiger partial charge in [0, 0.05) is 53.3 Å². The highest BCUT2D eigenvalue weighted by Crippen LogP contribution is 2.57. The lowest BCUT2D eigenvalue weighted by atomic mass is 9.64. The summed E-state index contributed by atoms with van der Waals surface area (Å²) < 4.78 is 93.4. The van der Waals surface area contributed by atoms with Crippen molar-refractivity contribution in [3.8, 4) is 11.5 Å². The van der Waals surface area contributed by atoms with Crippen LogP contribution in [0.4, 0.5) is 22.0 Å². The second-order valence-corrected chi connectivity index (χ2v) is 20.5. The Kier molecular flexibility index (Phi) is 10.8. The van der Waals surface area contributed by atoms with Crippen LogP contribution in [0.25, 0.3) is 11.0 Å².